The molecule has 0 fully saturated rings. The van der Waals surface area contributed by atoms with E-state index in [4.69, 9.17) is 16.0 Å². The summed E-state index contributed by atoms with van der Waals surface area (Å²) in [6, 6.07) is 13.5. The Kier molecular flexibility index (Phi) is 5.90. The number of aromatic carboxylic acids is 1. The van der Waals surface area contributed by atoms with Crippen LogP contribution in [-0.4, -0.2) is 27.8 Å². The van der Waals surface area contributed by atoms with Crippen molar-refractivity contribution in [3.63, 3.8) is 0 Å². The molecule has 4 aromatic rings. The van der Waals surface area contributed by atoms with Crippen LogP contribution < -0.4 is 5.43 Å². The molecule has 0 unspecified atom stereocenters. The Morgan fingerprint density at radius 3 is 2.69 bits per heavy atom. The van der Waals surface area contributed by atoms with Gasteiger partial charge in [0, 0.05) is 26.8 Å². The third-order valence-corrected chi connectivity index (χ3v) is 5.79. The first-order valence-electron chi connectivity index (χ1n) is 9.49. The zero-order valence-electron chi connectivity index (χ0n) is 17.0. The number of nitrogens with one attached hydrogen (secondary N) is 1. The highest BCUT2D eigenvalue weighted by atomic mass is 79.9. The monoisotopic (exact) mass is 513 g/mol. The molecule has 0 atom stereocenters. The summed E-state index contributed by atoms with van der Waals surface area (Å²) in [5.74, 6) is -1.36. The van der Waals surface area contributed by atoms with E-state index in [1.54, 1.807) is 18.2 Å². The van der Waals surface area contributed by atoms with Gasteiger partial charge in [0.05, 0.1) is 22.5 Å². The van der Waals surface area contributed by atoms with Crippen molar-refractivity contribution in [1.82, 2.24) is 9.99 Å². The van der Waals surface area contributed by atoms with Crippen molar-refractivity contribution < 1.29 is 19.1 Å². The Morgan fingerprint density at radius 1 is 1.16 bits per heavy atom. The van der Waals surface area contributed by atoms with Crippen molar-refractivity contribution in [3.8, 4) is 5.69 Å². The molecule has 0 aliphatic carbocycles. The number of carboxylic acids is 1. The van der Waals surface area contributed by atoms with Crippen LogP contribution in [0.5, 0.6) is 0 Å². The number of hydrogen-bond donors (Lipinski definition) is 2. The standard InChI is InChI=1S/C23H17BrClN3O4/c1-12-7-16(13(2)28(12)19-9-14(23(30)31)3-5-18(19)25)11-26-27-22(29)21-10-15-8-17(24)4-6-20(15)32-21/h3-11H,1-2H3,(H,27,29)(H,30,31)/b26-11+. The topological polar surface area (TPSA) is 96.8 Å². The zero-order valence-corrected chi connectivity index (χ0v) is 19.4. The minimum atomic E-state index is -1.03. The molecule has 0 saturated carbocycles. The zero-order chi connectivity index (χ0) is 23.0. The number of rotatable bonds is 5. The largest absolute Gasteiger partial charge is 0.478 e. The first kappa shape index (κ1) is 21.9. The van der Waals surface area contributed by atoms with Gasteiger partial charge in [0.2, 0.25) is 0 Å². The first-order valence-corrected chi connectivity index (χ1v) is 10.7. The van der Waals surface area contributed by atoms with E-state index in [2.05, 4.69) is 26.5 Å². The Morgan fingerprint density at radius 2 is 1.94 bits per heavy atom. The minimum absolute atomic E-state index is 0.136. The van der Waals surface area contributed by atoms with Crippen LogP contribution in [0.15, 0.2) is 62.5 Å². The van der Waals surface area contributed by atoms with Crippen LogP contribution in [0, 0.1) is 13.8 Å². The number of hydrazone groups is 1. The Bertz CT molecular complexity index is 1400. The minimum Gasteiger partial charge on any atom is -0.478 e. The summed E-state index contributed by atoms with van der Waals surface area (Å²) in [6.45, 7) is 3.73. The van der Waals surface area contributed by atoms with Crippen LogP contribution in [0.2, 0.25) is 5.02 Å². The molecule has 2 heterocycles. The SMILES string of the molecule is Cc1cc(/C=N/NC(=O)c2cc3cc(Br)ccc3o2)c(C)n1-c1cc(C(=O)O)ccc1Cl. The molecular weight excluding hydrogens is 498 g/mol. The number of carbonyl (C=O) groups is 2. The number of amides is 1. The van der Waals surface area contributed by atoms with Crippen LogP contribution in [-0.2, 0) is 0 Å². The third-order valence-electron chi connectivity index (χ3n) is 4.98. The summed E-state index contributed by atoms with van der Waals surface area (Å²) in [6.07, 6.45) is 1.52. The number of benzene rings is 2. The van der Waals surface area contributed by atoms with Crippen LogP contribution in [0.3, 0.4) is 0 Å². The van der Waals surface area contributed by atoms with Gasteiger partial charge in [0.15, 0.2) is 5.76 Å². The molecule has 2 aromatic heterocycles. The van der Waals surface area contributed by atoms with Crippen LogP contribution in [0.1, 0.15) is 37.9 Å². The van der Waals surface area contributed by atoms with Crippen LogP contribution >= 0.6 is 27.5 Å². The summed E-state index contributed by atoms with van der Waals surface area (Å²) in [4.78, 5) is 23.7. The number of carboxylic acid groups (broad SMARTS) is 1. The molecule has 0 radical (unpaired) electrons. The van der Waals surface area contributed by atoms with Gasteiger partial charge < -0.3 is 14.1 Å². The maximum Gasteiger partial charge on any atom is 0.335 e. The molecule has 0 bridgehead atoms. The Labute approximate surface area is 196 Å². The maximum atomic E-state index is 12.4. The lowest BCUT2D eigenvalue weighted by atomic mass is 10.2. The summed E-state index contributed by atoms with van der Waals surface area (Å²) < 4.78 is 8.29. The molecule has 1 amide bonds. The van der Waals surface area contributed by atoms with Gasteiger partial charge in [-0.15, -0.1) is 0 Å². The normalized spacial score (nSPS) is 11.4. The number of carbonyl (C=O) groups excluding carboxylic acids is 1. The second-order valence-corrected chi connectivity index (χ2v) is 8.45. The summed E-state index contributed by atoms with van der Waals surface area (Å²) in [7, 11) is 0. The van der Waals surface area contributed by atoms with Crippen LogP contribution in [0.25, 0.3) is 16.7 Å². The second-order valence-electron chi connectivity index (χ2n) is 7.13. The maximum absolute atomic E-state index is 12.4. The van der Waals surface area contributed by atoms with E-state index in [1.807, 2.05) is 36.6 Å². The molecule has 9 heteroatoms. The molecule has 32 heavy (non-hydrogen) atoms. The number of aromatic nitrogens is 1. The van der Waals surface area contributed by atoms with Gasteiger partial charge in [-0.2, -0.15) is 5.10 Å². The average molecular weight is 515 g/mol. The fraction of sp³-hybridized carbons (Fsp3) is 0.0870. The fourth-order valence-corrected chi connectivity index (χ4v) is 4.03. The van der Waals surface area contributed by atoms with E-state index < -0.39 is 11.9 Å². The van der Waals surface area contributed by atoms with Gasteiger partial charge in [-0.3, -0.25) is 4.79 Å². The molecule has 4 rings (SSSR count). The van der Waals surface area contributed by atoms with Crippen molar-refractivity contribution in [2.24, 2.45) is 5.10 Å². The number of halogens is 2. The number of hydrogen-bond acceptors (Lipinski definition) is 4. The van der Waals surface area contributed by atoms with E-state index in [1.165, 1.54) is 18.3 Å². The first-order chi connectivity index (χ1) is 15.2. The molecule has 0 spiro atoms. The molecule has 0 aliphatic rings. The molecule has 0 saturated heterocycles. The second kappa shape index (κ2) is 8.64. The summed E-state index contributed by atoms with van der Waals surface area (Å²) in [5, 5.41) is 14.6. The lowest BCUT2D eigenvalue weighted by Gasteiger charge is -2.12. The van der Waals surface area contributed by atoms with Gasteiger partial charge in [0.25, 0.3) is 0 Å². The number of fused-ring (bicyclic) bond motifs is 1. The van der Waals surface area contributed by atoms with E-state index in [-0.39, 0.29) is 11.3 Å². The van der Waals surface area contributed by atoms with Crippen molar-refractivity contribution in [2.45, 2.75) is 13.8 Å². The van der Waals surface area contributed by atoms with E-state index >= 15 is 0 Å². The molecule has 7 nitrogen and oxygen atoms in total. The highest BCUT2D eigenvalue weighted by molar-refractivity contribution is 9.10. The predicted octanol–water partition coefficient (Wildman–Crippen LogP) is 5.72. The Hall–Kier alpha value is -3.36. The van der Waals surface area contributed by atoms with Crippen molar-refractivity contribution in [3.05, 3.63) is 86.3 Å². The predicted molar refractivity (Wildman–Crippen MR) is 126 cm³/mol. The van der Waals surface area contributed by atoms with Crippen molar-refractivity contribution in [2.75, 3.05) is 0 Å². The van der Waals surface area contributed by atoms with Gasteiger partial charge >= 0.3 is 11.9 Å². The molecule has 162 valence electrons. The van der Waals surface area contributed by atoms with E-state index in [0.29, 0.717) is 16.3 Å². The highest BCUT2D eigenvalue weighted by Gasteiger charge is 2.15. The fourth-order valence-electron chi connectivity index (χ4n) is 3.45. The molecule has 0 aliphatic heterocycles. The molecule has 2 N–H and O–H groups in total. The number of nitrogens with zero attached hydrogens (tertiary/aromatic N) is 2. The summed E-state index contributed by atoms with van der Waals surface area (Å²) >= 11 is 9.72. The quantitative estimate of drug-likeness (QED) is 0.263. The van der Waals surface area contributed by atoms with Crippen LogP contribution in [0.4, 0.5) is 0 Å². The van der Waals surface area contributed by atoms with Gasteiger partial charge in [0.1, 0.15) is 5.58 Å². The van der Waals surface area contributed by atoms with Gasteiger partial charge in [-0.05, 0) is 62.4 Å². The Balaban J connectivity index is 1.57. The molecular formula is C23H17BrClN3O4. The van der Waals surface area contributed by atoms with E-state index in [0.717, 1.165) is 26.8 Å². The smallest absolute Gasteiger partial charge is 0.335 e. The lowest BCUT2D eigenvalue weighted by Crippen LogP contribution is -2.16. The van der Waals surface area contributed by atoms with Crippen molar-refractivity contribution >= 4 is 56.6 Å². The number of aryl methyl sites for hydroxylation is 1. The van der Waals surface area contributed by atoms with Crippen molar-refractivity contribution in [1.29, 1.82) is 0 Å². The average Bonchev–Trinajstić information content (AvgIpc) is 3.28. The number of furan rings is 1. The molecule has 2 aromatic carbocycles. The lowest BCUT2D eigenvalue weighted by molar-refractivity contribution is 0.0696. The van der Waals surface area contributed by atoms with E-state index in [9.17, 15) is 14.7 Å². The summed E-state index contributed by atoms with van der Waals surface area (Å²) in [5.41, 5.74) is 6.13. The van der Waals surface area contributed by atoms with Gasteiger partial charge in [-0.25, -0.2) is 10.2 Å². The highest BCUT2D eigenvalue weighted by Crippen LogP contribution is 2.27. The van der Waals surface area contributed by atoms with Gasteiger partial charge in [-0.1, -0.05) is 27.5 Å². The third kappa shape index (κ3) is 4.19.